The van der Waals surface area contributed by atoms with Crippen molar-refractivity contribution < 1.29 is 24.0 Å². The Kier molecular flexibility index (Phi) is 4.43. The van der Waals surface area contributed by atoms with Gasteiger partial charge in [0, 0.05) is 11.6 Å². The zero-order chi connectivity index (χ0) is 21.7. The van der Waals surface area contributed by atoms with Crippen molar-refractivity contribution >= 4 is 29.5 Å². The maximum atomic E-state index is 13.0. The lowest BCUT2D eigenvalue weighted by molar-refractivity contribution is 0.00845. The Bertz CT molecular complexity index is 1130. The standard InChI is InChI=1S/C23H19N3O5/c27-19(24-14-6-2-1-3-7-14)13-10-11-17-18(12-13)23(31)26(22(17)30)25-20(28)15-8-4-5-9-16(15)21(25)29/h4-5,8-12,14H,1-3,6-7H2,(H,24,27). The van der Waals surface area contributed by atoms with Crippen LogP contribution < -0.4 is 5.32 Å². The SMILES string of the molecule is O=C(NC1CCCCC1)c1ccc2c(c1)C(=O)N(N1C(=O)c3ccccc3C1=O)C2=O. The van der Waals surface area contributed by atoms with Crippen LogP contribution in [0.25, 0.3) is 0 Å². The molecule has 1 saturated carbocycles. The molecule has 0 spiro atoms. The molecular weight excluding hydrogens is 398 g/mol. The van der Waals surface area contributed by atoms with Gasteiger partial charge in [-0.05, 0) is 43.2 Å². The molecule has 2 aromatic carbocycles. The van der Waals surface area contributed by atoms with Crippen molar-refractivity contribution in [2.24, 2.45) is 0 Å². The van der Waals surface area contributed by atoms with Gasteiger partial charge in [-0.2, -0.15) is 10.0 Å². The Labute approximate surface area is 177 Å². The normalized spacial score (nSPS) is 18.5. The zero-order valence-electron chi connectivity index (χ0n) is 16.6. The van der Waals surface area contributed by atoms with Crippen molar-refractivity contribution in [3.8, 4) is 0 Å². The summed E-state index contributed by atoms with van der Waals surface area (Å²) >= 11 is 0. The van der Waals surface area contributed by atoms with E-state index in [4.69, 9.17) is 0 Å². The number of nitrogens with zero attached hydrogens (tertiary/aromatic N) is 2. The summed E-state index contributed by atoms with van der Waals surface area (Å²) < 4.78 is 0. The molecule has 0 atom stereocenters. The molecule has 5 rings (SSSR count). The van der Waals surface area contributed by atoms with Crippen LogP contribution in [0.4, 0.5) is 0 Å². The van der Waals surface area contributed by atoms with Gasteiger partial charge in [-0.1, -0.05) is 31.4 Å². The molecule has 8 nitrogen and oxygen atoms in total. The highest BCUT2D eigenvalue weighted by atomic mass is 16.2. The van der Waals surface area contributed by atoms with Crippen LogP contribution in [0.3, 0.4) is 0 Å². The highest BCUT2D eigenvalue weighted by molar-refractivity contribution is 6.28. The monoisotopic (exact) mass is 417 g/mol. The summed E-state index contributed by atoms with van der Waals surface area (Å²) in [5, 5.41) is 4.13. The highest BCUT2D eigenvalue weighted by Crippen LogP contribution is 2.31. The first kappa shape index (κ1) is 19.2. The van der Waals surface area contributed by atoms with Crippen molar-refractivity contribution in [2.75, 3.05) is 0 Å². The van der Waals surface area contributed by atoms with Gasteiger partial charge in [0.1, 0.15) is 0 Å². The number of fused-ring (bicyclic) bond motifs is 2. The first-order chi connectivity index (χ1) is 15.0. The van der Waals surface area contributed by atoms with Gasteiger partial charge < -0.3 is 5.32 Å². The lowest BCUT2D eigenvalue weighted by Gasteiger charge is -2.23. The van der Waals surface area contributed by atoms with Crippen LogP contribution in [-0.2, 0) is 0 Å². The lowest BCUT2D eigenvalue weighted by Crippen LogP contribution is -2.49. The fourth-order valence-corrected chi connectivity index (χ4v) is 4.42. The average Bonchev–Trinajstić information content (AvgIpc) is 3.18. The Balaban J connectivity index is 1.42. The number of nitrogens with one attached hydrogen (secondary N) is 1. The van der Waals surface area contributed by atoms with Gasteiger partial charge in [-0.25, -0.2) is 0 Å². The predicted octanol–water partition coefficient (Wildman–Crippen LogP) is 2.56. The highest BCUT2D eigenvalue weighted by Gasteiger charge is 2.48. The van der Waals surface area contributed by atoms with Crippen molar-refractivity contribution in [1.82, 2.24) is 15.3 Å². The molecule has 0 aromatic heterocycles. The van der Waals surface area contributed by atoms with E-state index >= 15 is 0 Å². The third-order valence-corrected chi connectivity index (χ3v) is 6.04. The molecule has 2 aromatic rings. The number of carbonyl (C=O) groups excluding carboxylic acids is 5. The Morgan fingerprint density at radius 3 is 1.81 bits per heavy atom. The summed E-state index contributed by atoms with van der Waals surface area (Å²) in [5.74, 6) is -3.35. The minimum atomic E-state index is -0.804. The second-order valence-corrected chi connectivity index (χ2v) is 7.96. The second kappa shape index (κ2) is 7.16. The van der Waals surface area contributed by atoms with Crippen LogP contribution in [0.1, 0.15) is 83.9 Å². The van der Waals surface area contributed by atoms with Crippen molar-refractivity contribution in [3.05, 3.63) is 70.3 Å². The van der Waals surface area contributed by atoms with Gasteiger partial charge in [0.15, 0.2) is 0 Å². The maximum absolute atomic E-state index is 13.0. The van der Waals surface area contributed by atoms with Gasteiger partial charge in [-0.3, -0.25) is 24.0 Å². The Morgan fingerprint density at radius 2 is 1.23 bits per heavy atom. The summed E-state index contributed by atoms with van der Waals surface area (Å²) in [6.45, 7) is 0. The van der Waals surface area contributed by atoms with Gasteiger partial charge in [0.2, 0.25) is 0 Å². The minimum absolute atomic E-state index is 0.00199. The number of amides is 5. The summed E-state index contributed by atoms with van der Waals surface area (Å²) in [4.78, 5) is 64.0. The van der Waals surface area contributed by atoms with Crippen LogP contribution in [0, 0.1) is 0 Å². The molecule has 156 valence electrons. The van der Waals surface area contributed by atoms with E-state index in [1.807, 2.05) is 0 Å². The van der Waals surface area contributed by atoms with Gasteiger partial charge >= 0.3 is 0 Å². The number of hydrogen-bond donors (Lipinski definition) is 1. The van der Waals surface area contributed by atoms with E-state index < -0.39 is 23.6 Å². The molecule has 1 N–H and O–H groups in total. The maximum Gasteiger partial charge on any atom is 0.281 e. The van der Waals surface area contributed by atoms with E-state index in [0.717, 1.165) is 32.1 Å². The smallest absolute Gasteiger partial charge is 0.281 e. The van der Waals surface area contributed by atoms with Gasteiger partial charge in [0.05, 0.1) is 22.3 Å². The quantitative estimate of drug-likeness (QED) is 0.773. The fraction of sp³-hybridized carbons (Fsp3) is 0.261. The van der Waals surface area contributed by atoms with Crippen LogP contribution in [-0.4, -0.2) is 45.6 Å². The number of benzene rings is 2. The number of carbonyl (C=O) groups is 5. The largest absolute Gasteiger partial charge is 0.349 e. The lowest BCUT2D eigenvalue weighted by atomic mass is 9.95. The topological polar surface area (TPSA) is 104 Å². The van der Waals surface area contributed by atoms with Gasteiger partial charge in [0.25, 0.3) is 29.5 Å². The first-order valence-corrected chi connectivity index (χ1v) is 10.3. The predicted molar refractivity (Wildman–Crippen MR) is 108 cm³/mol. The molecule has 0 saturated heterocycles. The Hall–Kier alpha value is -3.81. The van der Waals surface area contributed by atoms with Crippen LogP contribution in [0.2, 0.25) is 0 Å². The van der Waals surface area contributed by atoms with Gasteiger partial charge in [-0.15, -0.1) is 0 Å². The second-order valence-electron chi connectivity index (χ2n) is 7.96. The molecule has 0 bridgehead atoms. The van der Waals surface area contributed by atoms with E-state index in [9.17, 15) is 24.0 Å². The number of rotatable bonds is 3. The first-order valence-electron chi connectivity index (χ1n) is 10.3. The van der Waals surface area contributed by atoms with E-state index in [1.165, 1.54) is 30.3 Å². The van der Waals surface area contributed by atoms with E-state index in [-0.39, 0.29) is 39.8 Å². The summed E-state index contributed by atoms with van der Waals surface area (Å²) in [6, 6.07) is 10.5. The molecule has 3 aliphatic rings. The third-order valence-electron chi connectivity index (χ3n) is 6.04. The molecule has 1 fully saturated rings. The molecule has 0 unspecified atom stereocenters. The van der Waals surface area contributed by atoms with Crippen molar-refractivity contribution in [2.45, 2.75) is 38.1 Å². The van der Waals surface area contributed by atoms with E-state index in [2.05, 4.69) is 5.32 Å². The molecule has 2 aliphatic heterocycles. The summed E-state index contributed by atoms with van der Waals surface area (Å²) in [5.41, 5.74) is 0.580. The Morgan fingerprint density at radius 1 is 0.710 bits per heavy atom. The molecule has 8 heteroatoms. The average molecular weight is 417 g/mol. The number of imide groups is 2. The molecule has 1 aliphatic carbocycles. The minimum Gasteiger partial charge on any atom is -0.349 e. The van der Waals surface area contributed by atoms with Crippen LogP contribution >= 0.6 is 0 Å². The zero-order valence-corrected chi connectivity index (χ0v) is 16.6. The molecular formula is C23H19N3O5. The third kappa shape index (κ3) is 2.94. The van der Waals surface area contributed by atoms with E-state index in [1.54, 1.807) is 12.1 Å². The molecule has 31 heavy (non-hydrogen) atoms. The molecule has 0 radical (unpaired) electrons. The van der Waals surface area contributed by atoms with Crippen molar-refractivity contribution in [1.29, 1.82) is 0 Å². The molecule has 2 heterocycles. The van der Waals surface area contributed by atoms with Crippen LogP contribution in [0.15, 0.2) is 42.5 Å². The number of hydrogen-bond acceptors (Lipinski definition) is 5. The van der Waals surface area contributed by atoms with E-state index in [0.29, 0.717) is 10.0 Å². The van der Waals surface area contributed by atoms with Crippen LogP contribution in [0.5, 0.6) is 0 Å². The summed E-state index contributed by atoms with van der Waals surface area (Å²) in [7, 11) is 0. The fourth-order valence-electron chi connectivity index (χ4n) is 4.42. The molecule has 5 amide bonds. The van der Waals surface area contributed by atoms with Crippen molar-refractivity contribution in [3.63, 3.8) is 0 Å². The number of hydrazine groups is 1. The summed E-state index contributed by atoms with van der Waals surface area (Å²) in [6.07, 6.45) is 5.13.